The maximum absolute atomic E-state index is 4.46. The molecule has 0 bridgehead atoms. The molecule has 3 heteroatoms. The molecule has 0 unspecified atom stereocenters. The van der Waals surface area contributed by atoms with Gasteiger partial charge in [-0.15, -0.1) is 0 Å². The number of aryl methyl sites for hydroxylation is 2. The van der Waals surface area contributed by atoms with E-state index in [0.29, 0.717) is 5.92 Å². The number of rotatable bonds is 1. The van der Waals surface area contributed by atoms with E-state index in [-0.39, 0.29) is 0 Å². The molecule has 3 nitrogen and oxygen atoms in total. The Morgan fingerprint density at radius 1 is 1.29 bits per heavy atom. The Morgan fingerprint density at radius 3 is 2.64 bits per heavy atom. The van der Waals surface area contributed by atoms with Gasteiger partial charge in [-0.25, -0.2) is 9.50 Å². The fraction of sp³-hybridized carbons (Fsp3) is 0.455. The molecular formula is C11H15N3. The molecule has 0 fully saturated rings. The summed E-state index contributed by atoms with van der Waals surface area (Å²) in [5.41, 5.74) is 4.52. The third-order valence-corrected chi connectivity index (χ3v) is 2.52. The fourth-order valence-corrected chi connectivity index (χ4v) is 1.76. The van der Waals surface area contributed by atoms with E-state index in [9.17, 15) is 0 Å². The van der Waals surface area contributed by atoms with Gasteiger partial charge in [0.25, 0.3) is 0 Å². The van der Waals surface area contributed by atoms with Gasteiger partial charge in [0.15, 0.2) is 5.65 Å². The van der Waals surface area contributed by atoms with Crippen LogP contribution in [0.2, 0.25) is 0 Å². The van der Waals surface area contributed by atoms with Crippen molar-refractivity contribution in [2.75, 3.05) is 0 Å². The van der Waals surface area contributed by atoms with Crippen molar-refractivity contribution in [1.82, 2.24) is 14.6 Å². The van der Waals surface area contributed by atoms with Crippen LogP contribution < -0.4 is 0 Å². The minimum atomic E-state index is 0.504. The summed E-state index contributed by atoms with van der Waals surface area (Å²) in [7, 11) is 0. The van der Waals surface area contributed by atoms with Gasteiger partial charge in [0, 0.05) is 0 Å². The number of aromatic nitrogens is 3. The van der Waals surface area contributed by atoms with Gasteiger partial charge in [-0.2, -0.15) is 5.10 Å². The Labute approximate surface area is 83.8 Å². The lowest BCUT2D eigenvalue weighted by Gasteiger charge is -2.08. The molecule has 14 heavy (non-hydrogen) atoms. The van der Waals surface area contributed by atoms with Crippen molar-refractivity contribution in [2.24, 2.45) is 0 Å². The van der Waals surface area contributed by atoms with Gasteiger partial charge in [-0.1, -0.05) is 13.8 Å². The number of fused-ring (bicyclic) bond motifs is 1. The summed E-state index contributed by atoms with van der Waals surface area (Å²) in [6.45, 7) is 8.45. The summed E-state index contributed by atoms with van der Waals surface area (Å²) in [5.74, 6) is 0.504. The maximum atomic E-state index is 4.46. The maximum Gasteiger partial charge on any atom is 0.156 e. The highest BCUT2D eigenvalue weighted by atomic mass is 15.2. The van der Waals surface area contributed by atoms with Crippen LogP contribution in [0.1, 0.15) is 36.6 Å². The summed E-state index contributed by atoms with van der Waals surface area (Å²) >= 11 is 0. The van der Waals surface area contributed by atoms with Gasteiger partial charge in [0.05, 0.1) is 18.1 Å². The minimum Gasteiger partial charge on any atom is -0.232 e. The van der Waals surface area contributed by atoms with E-state index < -0.39 is 0 Å². The molecule has 74 valence electrons. The zero-order valence-electron chi connectivity index (χ0n) is 9.07. The molecule has 0 amide bonds. The van der Waals surface area contributed by atoms with E-state index in [4.69, 9.17) is 0 Å². The highest BCUT2D eigenvalue weighted by Gasteiger charge is 2.09. The molecule has 0 saturated heterocycles. The molecule has 2 aromatic rings. The van der Waals surface area contributed by atoms with Crippen molar-refractivity contribution in [3.63, 3.8) is 0 Å². The second kappa shape index (κ2) is 3.08. The Hall–Kier alpha value is -1.38. The van der Waals surface area contributed by atoms with E-state index >= 15 is 0 Å². The van der Waals surface area contributed by atoms with Gasteiger partial charge < -0.3 is 0 Å². The normalized spacial score (nSPS) is 11.5. The molecule has 0 aliphatic rings. The van der Waals surface area contributed by atoms with Crippen molar-refractivity contribution in [3.05, 3.63) is 29.2 Å². The van der Waals surface area contributed by atoms with Crippen molar-refractivity contribution in [3.8, 4) is 0 Å². The molecule has 0 aromatic carbocycles. The Bertz CT molecular complexity index is 469. The predicted octanol–water partition coefficient (Wildman–Crippen LogP) is 2.47. The molecule has 0 atom stereocenters. The van der Waals surface area contributed by atoms with Gasteiger partial charge in [0.2, 0.25) is 0 Å². The quantitative estimate of drug-likeness (QED) is 0.689. The first-order valence-electron chi connectivity index (χ1n) is 4.91. The smallest absolute Gasteiger partial charge is 0.156 e. The van der Waals surface area contributed by atoms with Crippen molar-refractivity contribution >= 4 is 5.65 Å². The lowest BCUT2D eigenvalue weighted by atomic mass is 10.0. The summed E-state index contributed by atoms with van der Waals surface area (Å²) < 4.78 is 1.84. The van der Waals surface area contributed by atoms with Crippen molar-refractivity contribution in [2.45, 2.75) is 33.6 Å². The lowest BCUT2D eigenvalue weighted by molar-refractivity contribution is 0.817. The first kappa shape index (κ1) is 9.19. The van der Waals surface area contributed by atoms with Crippen LogP contribution in [-0.2, 0) is 0 Å². The van der Waals surface area contributed by atoms with Gasteiger partial charge in [0.1, 0.15) is 0 Å². The highest BCUT2D eigenvalue weighted by molar-refractivity contribution is 5.50. The molecule has 0 radical (unpaired) electrons. The van der Waals surface area contributed by atoms with E-state index in [1.165, 1.54) is 11.1 Å². The van der Waals surface area contributed by atoms with Crippen LogP contribution in [0.3, 0.4) is 0 Å². The Morgan fingerprint density at radius 2 is 2.00 bits per heavy atom. The number of imidazole rings is 1. The van der Waals surface area contributed by atoms with Gasteiger partial charge >= 0.3 is 0 Å². The van der Waals surface area contributed by atoms with Crippen molar-refractivity contribution in [1.29, 1.82) is 0 Å². The third kappa shape index (κ3) is 1.29. The monoisotopic (exact) mass is 189 g/mol. The standard InChI is InChI=1S/C11H15N3/c1-7(2)10-5-12-14-6-8(3)13-11(14)9(10)4/h5-7H,1-4H3. The largest absolute Gasteiger partial charge is 0.232 e. The fourth-order valence-electron chi connectivity index (χ4n) is 1.76. The zero-order valence-corrected chi connectivity index (χ0v) is 9.07. The van der Waals surface area contributed by atoms with Crippen LogP contribution in [0.25, 0.3) is 5.65 Å². The van der Waals surface area contributed by atoms with E-state index in [1.807, 2.05) is 23.8 Å². The summed E-state index contributed by atoms with van der Waals surface area (Å²) in [5, 5.41) is 4.34. The van der Waals surface area contributed by atoms with Crippen molar-refractivity contribution < 1.29 is 0 Å². The first-order chi connectivity index (χ1) is 6.59. The Balaban J connectivity index is 2.74. The van der Waals surface area contributed by atoms with E-state index in [2.05, 4.69) is 30.9 Å². The average Bonchev–Trinajstić information content (AvgIpc) is 2.46. The third-order valence-electron chi connectivity index (χ3n) is 2.52. The van der Waals surface area contributed by atoms with E-state index in [0.717, 1.165) is 11.3 Å². The van der Waals surface area contributed by atoms with Crippen LogP contribution in [0, 0.1) is 13.8 Å². The van der Waals surface area contributed by atoms with Gasteiger partial charge in [-0.05, 0) is 30.9 Å². The minimum absolute atomic E-state index is 0.504. The summed E-state index contributed by atoms with van der Waals surface area (Å²) in [6.07, 6.45) is 3.89. The second-order valence-corrected chi connectivity index (χ2v) is 4.03. The molecular weight excluding hydrogens is 174 g/mol. The number of hydrogen-bond donors (Lipinski definition) is 0. The van der Waals surface area contributed by atoms with Gasteiger partial charge in [-0.3, -0.25) is 0 Å². The highest BCUT2D eigenvalue weighted by Crippen LogP contribution is 2.20. The van der Waals surface area contributed by atoms with Crippen LogP contribution >= 0.6 is 0 Å². The summed E-state index contributed by atoms with van der Waals surface area (Å²) in [6, 6.07) is 0. The number of hydrogen-bond acceptors (Lipinski definition) is 2. The lowest BCUT2D eigenvalue weighted by Crippen LogP contribution is -1.99. The van der Waals surface area contributed by atoms with Crippen LogP contribution in [0.5, 0.6) is 0 Å². The molecule has 0 N–H and O–H groups in total. The topological polar surface area (TPSA) is 30.2 Å². The van der Waals surface area contributed by atoms with Crippen LogP contribution in [0.4, 0.5) is 0 Å². The molecule has 0 aliphatic heterocycles. The van der Waals surface area contributed by atoms with Crippen LogP contribution in [-0.4, -0.2) is 14.6 Å². The van der Waals surface area contributed by atoms with E-state index in [1.54, 1.807) is 0 Å². The molecule has 0 spiro atoms. The molecule has 2 rings (SSSR count). The summed E-state index contributed by atoms with van der Waals surface area (Å²) in [4.78, 5) is 4.46. The molecule has 2 aromatic heterocycles. The number of nitrogens with zero attached hydrogens (tertiary/aromatic N) is 3. The first-order valence-corrected chi connectivity index (χ1v) is 4.91. The predicted molar refractivity (Wildman–Crippen MR) is 56.6 cm³/mol. The molecule has 0 saturated carbocycles. The SMILES string of the molecule is Cc1cn2ncc(C(C)C)c(C)c2n1. The molecule has 2 heterocycles. The second-order valence-electron chi connectivity index (χ2n) is 4.03. The van der Waals surface area contributed by atoms with Crippen LogP contribution in [0.15, 0.2) is 12.4 Å². The molecule has 0 aliphatic carbocycles. The average molecular weight is 189 g/mol. The zero-order chi connectivity index (χ0) is 10.3. The Kier molecular flexibility index (Phi) is 2.02.